The van der Waals surface area contributed by atoms with Crippen molar-refractivity contribution in [3.63, 3.8) is 0 Å². The number of ether oxygens (including phenoxy) is 1. The lowest BCUT2D eigenvalue weighted by molar-refractivity contribution is 0.0600. The first-order valence-electron chi connectivity index (χ1n) is 6.29. The number of nitrogens with zero attached hydrogens (tertiary/aromatic N) is 3. The average Bonchev–Trinajstić information content (AvgIpc) is 2.97. The predicted octanol–water partition coefficient (Wildman–Crippen LogP) is 2.66. The quantitative estimate of drug-likeness (QED) is 0.675. The molecule has 0 radical (unpaired) electrons. The third-order valence-electron chi connectivity index (χ3n) is 3.16. The van der Waals surface area contributed by atoms with Crippen molar-refractivity contribution in [3.8, 4) is 17.3 Å². The molecule has 3 rings (SSSR count). The molecule has 0 aliphatic heterocycles. The van der Waals surface area contributed by atoms with Gasteiger partial charge in [-0.15, -0.1) is 0 Å². The summed E-state index contributed by atoms with van der Waals surface area (Å²) in [5.74, 6) is -0.390. The van der Waals surface area contributed by atoms with Gasteiger partial charge in [-0.25, -0.2) is 9.78 Å². The van der Waals surface area contributed by atoms with Gasteiger partial charge in [0.05, 0.1) is 30.0 Å². The van der Waals surface area contributed by atoms with Gasteiger partial charge in [-0.1, -0.05) is 12.1 Å². The maximum absolute atomic E-state index is 11.5. The second-order valence-electron chi connectivity index (χ2n) is 4.49. The molecule has 5 nitrogen and oxygen atoms in total. The zero-order valence-corrected chi connectivity index (χ0v) is 11.3. The molecule has 0 N–H and O–H groups in total. The van der Waals surface area contributed by atoms with Gasteiger partial charge in [-0.3, -0.25) is 0 Å². The normalized spacial score (nSPS) is 10.3. The van der Waals surface area contributed by atoms with Crippen molar-refractivity contribution in [2.75, 3.05) is 7.11 Å². The van der Waals surface area contributed by atoms with Gasteiger partial charge in [-0.2, -0.15) is 5.26 Å². The number of hydrogen-bond donors (Lipinski definition) is 0. The van der Waals surface area contributed by atoms with E-state index < -0.39 is 5.97 Å². The van der Waals surface area contributed by atoms with Gasteiger partial charge in [0.25, 0.3) is 0 Å². The Morgan fingerprint density at radius 2 is 2.14 bits per heavy atom. The smallest absolute Gasteiger partial charge is 0.339 e. The van der Waals surface area contributed by atoms with Crippen LogP contribution in [0.4, 0.5) is 0 Å². The lowest BCUT2D eigenvalue weighted by Gasteiger charge is -1.99. The molecule has 21 heavy (non-hydrogen) atoms. The Morgan fingerprint density at radius 3 is 2.90 bits per heavy atom. The van der Waals surface area contributed by atoms with E-state index in [9.17, 15) is 4.79 Å². The van der Waals surface area contributed by atoms with Gasteiger partial charge in [-0.05, 0) is 24.3 Å². The number of esters is 1. The molecular weight excluding hydrogens is 266 g/mol. The van der Waals surface area contributed by atoms with Crippen molar-refractivity contribution >= 4 is 11.6 Å². The molecule has 0 unspecified atom stereocenters. The van der Waals surface area contributed by atoms with E-state index in [0.29, 0.717) is 11.1 Å². The van der Waals surface area contributed by atoms with Crippen molar-refractivity contribution in [2.24, 2.45) is 0 Å². The fourth-order valence-electron chi connectivity index (χ4n) is 2.12. The molecule has 0 fully saturated rings. The molecule has 0 bridgehead atoms. The summed E-state index contributed by atoms with van der Waals surface area (Å²) in [6.07, 6.45) is 3.49. The number of hydrogen-bond acceptors (Lipinski definition) is 4. The maximum Gasteiger partial charge on any atom is 0.339 e. The number of imidazole rings is 1. The Balaban J connectivity index is 2.08. The number of carbonyl (C=O) groups excluding carboxylic acids is 1. The number of benzene rings is 1. The first-order chi connectivity index (χ1) is 10.2. The molecule has 0 aliphatic rings. The number of rotatable bonds is 2. The number of methoxy groups -OCH3 is 1. The first-order valence-corrected chi connectivity index (χ1v) is 6.29. The highest BCUT2D eigenvalue weighted by molar-refractivity contribution is 5.89. The summed E-state index contributed by atoms with van der Waals surface area (Å²) in [7, 11) is 1.35. The Kier molecular flexibility index (Phi) is 3.13. The third-order valence-corrected chi connectivity index (χ3v) is 3.16. The van der Waals surface area contributed by atoms with E-state index in [-0.39, 0.29) is 0 Å². The van der Waals surface area contributed by atoms with Crippen LogP contribution in [0.25, 0.3) is 16.9 Å². The maximum atomic E-state index is 11.5. The van der Waals surface area contributed by atoms with Crippen LogP contribution < -0.4 is 0 Å². The van der Waals surface area contributed by atoms with Gasteiger partial charge >= 0.3 is 5.97 Å². The van der Waals surface area contributed by atoms with E-state index in [1.807, 2.05) is 18.3 Å². The van der Waals surface area contributed by atoms with E-state index in [1.54, 1.807) is 34.9 Å². The van der Waals surface area contributed by atoms with Gasteiger partial charge in [0.15, 0.2) is 0 Å². The lowest BCUT2D eigenvalue weighted by atomic mass is 10.1. The number of aromatic nitrogens is 2. The fraction of sp³-hybridized carbons (Fsp3) is 0.0625. The second kappa shape index (κ2) is 5.10. The molecule has 2 aromatic heterocycles. The molecule has 2 heterocycles. The van der Waals surface area contributed by atoms with E-state index >= 15 is 0 Å². The molecule has 0 saturated carbocycles. The molecule has 3 aromatic rings. The van der Waals surface area contributed by atoms with Crippen LogP contribution in [-0.4, -0.2) is 22.5 Å². The molecule has 0 amide bonds. The fourth-order valence-corrected chi connectivity index (χ4v) is 2.12. The zero-order chi connectivity index (χ0) is 14.8. The van der Waals surface area contributed by atoms with Crippen LogP contribution in [0.5, 0.6) is 0 Å². The lowest BCUT2D eigenvalue weighted by Crippen LogP contribution is -2.02. The monoisotopic (exact) mass is 277 g/mol. The van der Waals surface area contributed by atoms with Gasteiger partial charge in [0.1, 0.15) is 5.65 Å². The van der Waals surface area contributed by atoms with Crippen molar-refractivity contribution < 1.29 is 9.53 Å². The minimum atomic E-state index is -0.390. The molecule has 0 spiro atoms. The van der Waals surface area contributed by atoms with Crippen LogP contribution in [0.15, 0.2) is 48.8 Å². The van der Waals surface area contributed by atoms with Crippen LogP contribution in [0.2, 0.25) is 0 Å². The SMILES string of the molecule is COC(=O)c1ccc2nc(-c3cccc(C#N)c3)cn2c1. The average molecular weight is 277 g/mol. The summed E-state index contributed by atoms with van der Waals surface area (Å²) < 4.78 is 6.46. The van der Waals surface area contributed by atoms with Gasteiger partial charge in [0, 0.05) is 18.0 Å². The molecule has 0 saturated heterocycles. The summed E-state index contributed by atoms with van der Waals surface area (Å²) in [5.41, 5.74) is 3.37. The topological polar surface area (TPSA) is 67.4 Å². The summed E-state index contributed by atoms with van der Waals surface area (Å²) in [6.45, 7) is 0. The third kappa shape index (κ3) is 2.35. The summed E-state index contributed by atoms with van der Waals surface area (Å²) in [4.78, 5) is 16.0. The number of pyridine rings is 1. The first kappa shape index (κ1) is 12.9. The Bertz CT molecular complexity index is 875. The number of nitriles is 1. The summed E-state index contributed by atoms with van der Waals surface area (Å²) in [5, 5.41) is 8.95. The molecule has 0 atom stereocenters. The Labute approximate surface area is 121 Å². The van der Waals surface area contributed by atoms with Crippen LogP contribution in [-0.2, 0) is 4.74 Å². The van der Waals surface area contributed by atoms with Crippen LogP contribution in [0, 0.1) is 11.3 Å². The van der Waals surface area contributed by atoms with Crippen LogP contribution in [0.1, 0.15) is 15.9 Å². The Morgan fingerprint density at radius 1 is 1.29 bits per heavy atom. The van der Waals surface area contributed by atoms with Gasteiger partial charge < -0.3 is 9.14 Å². The van der Waals surface area contributed by atoms with E-state index in [0.717, 1.165) is 16.9 Å². The van der Waals surface area contributed by atoms with E-state index in [4.69, 9.17) is 10.00 Å². The standard InChI is InChI=1S/C16H11N3O2/c1-21-16(20)13-5-6-15-18-14(10-19(15)9-13)12-4-2-3-11(7-12)8-17/h2-7,9-10H,1H3. The number of carbonyl (C=O) groups is 1. The van der Waals surface area contributed by atoms with E-state index in [1.165, 1.54) is 7.11 Å². The zero-order valence-electron chi connectivity index (χ0n) is 11.3. The van der Waals surface area contributed by atoms with Crippen molar-refractivity contribution in [1.29, 1.82) is 5.26 Å². The predicted molar refractivity (Wildman–Crippen MR) is 76.7 cm³/mol. The highest BCUT2D eigenvalue weighted by Gasteiger charge is 2.09. The summed E-state index contributed by atoms with van der Waals surface area (Å²) >= 11 is 0. The second-order valence-corrected chi connectivity index (χ2v) is 4.49. The highest BCUT2D eigenvalue weighted by Crippen LogP contribution is 2.20. The highest BCUT2D eigenvalue weighted by atomic mass is 16.5. The van der Waals surface area contributed by atoms with Crippen LogP contribution >= 0.6 is 0 Å². The molecule has 0 aliphatic carbocycles. The van der Waals surface area contributed by atoms with Crippen molar-refractivity contribution in [1.82, 2.24) is 9.38 Å². The van der Waals surface area contributed by atoms with Gasteiger partial charge in [0.2, 0.25) is 0 Å². The molecule has 5 heteroatoms. The minimum Gasteiger partial charge on any atom is -0.465 e. The number of fused-ring (bicyclic) bond motifs is 1. The molecule has 1 aromatic carbocycles. The minimum absolute atomic E-state index is 0.390. The molecule has 102 valence electrons. The van der Waals surface area contributed by atoms with Crippen molar-refractivity contribution in [3.05, 3.63) is 59.9 Å². The largest absolute Gasteiger partial charge is 0.465 e. The van der Waals surface area contributed by atoms with Crippen LogP contribution in [0.3, 0.4) is 0 Å². The summed E-state index contributed by atoms with van der Waals surface area (Å²) in [6, 6.07) is 12.8. The Hall–Kier alpha value is -3.13. The van der Waals surface area contributed by atoms with E-state index in [2.05, 4.69) is 11.1 Å². The van der Waals surface area contributed by atoms with Crippen molar-refractivity contribution in [2.45, 2.75) is 0 Å². The molecular formula is C16H11N3O2.